The predicted octanol–water partition coefficient (Wildman–Crippen LogP) is 4.86. The maximum Gasteiger partial charge on any atom is 0.120 e. The van der Waals surface area contributed by atoms with Gasteiger partial charge in [0.1, 0.15) is 11.9 Å². The van der Waals surface area contributed by atoms with E-state index in [1.807, 2.05) is 12.1 Å². The van der Waals surface area contributed by atoms with Crippen LogP contribution in [0.15, 0.2) is 24.3 Å². The zero-order valence-corrected chi connectivity index (χ0v) is 13.2. The van der Waals surface area contributed by atoms with Crippen molar-refractivity contribution in [3.8, 4) is 5.75 Å². The Morgan fingerprint density at radius 2 is 2.12 bits per heavy atom. The molecule has 1 aromatic rings. The second-order valence-corrected chi connectivity index (χ2v) is 6.48. The van der Waals surface area contributed by atoms with Gasteiger partial charge in [-0.3, -0.25) is 0 Å². The summed E-state index contributed by atoms with van der Waals surface area (Å²) in [6, 6.07) is 8.22. The van der Waals surface area contributed by atoms with Gasteiger partial charge in [-0.15, -0.1) is 11.6 Å². The van der Waals surface area contributed by atoms with Gasteiger partial charge in [0.15, 0.2) is 0 Å². The van der Waals surface area contributed by atoms with Crippen molar-refractivity contribution in [2.75, 3.05) is 0 Å². The molecule has 17 heavy (non-hydrogen) atoms. The number of hydrogen-bond donors (Lipinski definition) is 0. The van der Waals surface area contributed by atoms with Crippen LogP contribution in [0, 0.1) is 8.99 Å². The molecule has 2 atom stereocenters. The highest BCUT2D eigenvalue weighted by atomic mass is 127. The molecule has 0 amide bonds. The largest absolute Gasteiger partial charge is 0.490 e. The fourth-order valence-corrected chi connectivity index (χ4v) is 3.84. The van der Waals surface area contributed by atoms with Gasteiger partial charge in [0.2, 0.25) is 0 Å². The second-order valence-electron chi connectivity index (χ2n) is 4.71. The Kier molecular flexibility index (Phi) is 4.24. The molecular formula is C14H18ClIO. The number of benzene rings is 1. The fraction of sp³-hybridized carbons (Fsp3) is 0.571. The Balaban J connectivity index is 2.10. The van der Waals surface area contributed by atoms with Gasteiger partial charge < -0.3 is 4.74 Å². The van der Waals surface area contributed by atoms with E-state index in [-0.39, 0.29) is 16.9 Å². The van der Waals surface area contributed by atoms with Crippen molar-refractivity contribution in [3.05, 3.63) is 27.8 Å². The van der Waals surface area contributed by atoms with Crippen molar-refractivity contribution in [2.45, 2.75) is 44.6 Å². The average Bonchev–Trinajstić information content (AvgIpc) is 2.30. The SMILES string of the molecule is CCC1(CC)C(Cl)CC1Oc1cccc(I)c1. The normalized spacial score (nSPS) is 26.4. The first-order valence-corrected chi connectivity index (χ1v) is 7.70. The lowest BCUT2D eigenvalue weighted by Crippen LogP contribution is -2.56. The highest BCUT2D eigenvalue weighted by Crippen LogP contribution is 2.51. The summed E-state index contributed by atoms with van der Waals surface area (Å²) < 4.78 is 7.32. The zero-order chi connectivity index (χ0) is 12.5. The Hall–Kier alpha value is 0.0400. The second kappa shape index (κ2) is 5.35. The third-order valence-corrected chi connectivity index (χ3v) is 5.36. The van der Waals surface area contributed by atoms with Crippen molar-refractivity contribution < 1.29 is 4.74 Å². The molecule has 0 N–H and O–H groups in total. The molecule has 0 heterocycles. The van der Waals surface area contributed by atoms with Gasteiger partial charge in [-0.05, 0) is 53.6 Å². The third kappa shape index (κ3) is 2.43. The molecule has 2 rings (SSSR count). The maximum atomic E-state index is 6.38. The number of rotatable bonds is 4. The van der Waals surface area contributed by atoms with Gasteiger partial charge >= 0.3 is 0 Å². The van der Waals surface area contributed by atoms with E-state index < -0.39 is 0 Å². The standard InChI is InChI=1S/C14H18ClIO/c1-3-14(4-2)12(15)9-13(14)17-11-7-5-6-10(16)8-11/h5-8,12-13H,3-4,9H2,1-2H3. The van der Waals surface area contributed by atoms with E-state index in [1.165, 1.54) is 3.57 Å². The summed E-state index contributed by atoms with van der Waals surface area (Å²) in [5, 5.41) is 0.269. The molecule has 94 valence electrons. The molecule has 3 heteroatoms. The van der Waals surface area contributed by atoms with Crippen molar-refractivity contribution >= 4 is 34.2 Å². The number of ether oxygens (including phenoxy) is 1. The summed E-state index contributed by atoms with van der Waals surface area (Å²) in [6.07, 6.45) is 3.42. The smallest absolute Gasteiger partial charge is 0.120 e. The Morgan fingerprint density at radius 3 is 2.65 bits per heavy atom. The summed E-state index contributed by atoms with van der Waals surface area (Å²) in [7, 11) is 0. The molecule has 1 nitrogen and oxygen atoms in total. The monoisotopic (exact) mass is 364 g/mol. The Morgan fingerprint density at radius 1 is 1.41 bits per heavy atom. The summed E-state index contributed by atoms with van der Waals surface area (Å²) >= 11 is 8.69. The molecule has 1 aliphatic carbocycles. The van der Waals surface area contributed by atoms with Crippen LogP contribution in [0.2, 0.25) is 0 Å². The van der Waals surface area contributed by atoms with Crippen molar-refractivity contribution in [1.29, 1.82) is 0 Å². The molecule has 1 fully saturated rings. The van der Waals surface area contributed by atoms with E-state index in [4.69, 9.17) is 16.3 Å². The Labute approximate surface area is 122 Å². The van der Waals surface area contributed by atoms with Gasteiger partial charge in [-0.2, -0.15) is 0 Å². The van der Waals surface area contributed by atoms with Crippen LogP contribution in [-0.2, 0) is 0 Å². The minimum Gasteiger partial charge on any atom is -0.490 e. The first-order chi connectivity index (χ1) is 8.12. The molecule has 2 unspecified atom stereocenters. The van der Waals surface area contributed by atoms with Crippen molar-refractivity contribution in [2.24, 2.45) is 5.41 Å². The molecule has 0 bridgehead atoms. The maximum absolute atomic E-state index is 6.38. The quantitative estimate of drug-likeness (QED) is 0.548. The average molecular weight is 365 g/mol. The molecule has 0 radical (unpaired) electrons. The molecule has 0 saturated heterocycles. The number of halogens is 2. The first-order valence-electron chi connectivity index (χ1n) is 6.18. The highest BCUT2D eigenvalue weighted by molar-refractivity contribution is 14.1. The highest BCUT2D eigenvalue weighted by Gasteiger charge is 2.53. The summed E-state index contributed by atoms with van der Waals surface area (Å²) in [5.74, 6) is 0.969. The minimum absolute atomic E-state index is 0.169. The third-order valence-electron chi connectivity index (χ3n) is 4.08. The van der Waals surface area contributed by atoms with Gasteiger partial charge in [-0.1, -0.05) is 19.9 Å². The summed E-state index contributed by atoms with van der Waals surface area (Å²) in [6.45, 7) is 4.42. The van der Waals surface area contributed by atoms with E-state index in [9.17, 15) is 0 Å². The number of hydrogen-bond acceptors (Lipinski definition) is 1. The van der Waals surface area contributed by atoms with Crippen molar-refractivity contribution in [3.63, 3.8) is 0 Å². The van der Waals surface area contributed by atoms with Crippen LogP contribution in [0.5, 0.6) is 5.75 Å². The zero-order valence-electron chi connectivity index (χ0n) is 10.2. The van der Waals surface area contributed by atoms with Crippen LogP contribution in [0.1, 0.15) is 33.1 Å². The molecule has 1 saturated carbocycles. The van der Waals surface area contributed by atoms with E-state index in [0.717, 1.165) is 25.0 Å². The molecule has 0 spiro atoms. The fourth-order valence-electron chi connectivity index (χ4n) is 2.72. The van der Waals surface area contributed by atoms with Gasteiger partial charge in [0.05, 0.1) is 0 Å². The first kappa shape index (κ1) is 13.5. The van der Waals surface area contributed by atoms with Crippen LogP contribution in [0.3, 0.4) is 0 Å². The molecule has 0 aromatic heterocycles. The van der Waals surface area contributed by atoms with Crippen LogP contribution < -0.4 is 4.74 Å². The van der Waals surface area contributed by atoms with E-state index >= 15 is 0 Å². The predicted molar refractivity (Wildman–Crippen MR) is 80.8 cm³/mol. The number of alkyl halides is 1. The van der Waals surface area contributed by atoms with Gasteiger partial charge in [0.25, 0.3) is 0 Å². The van der Waals surface area contributed by atoms with Gasteiger partial charge in [-0.25, -0.2) is 0 Å². The van der Waals surface area contributed by atoms with E-state index in [0.29, 0.717) is 0 Å². The van der Waals surface area contributed by atoms with E-state index in [1.54, 1.807) is 0 Å². The van der Waals surface area contributed by atoms with E-state index in [2.05, 4.69) is 48.6 Å². The molecule has 1 aliphatic rings. The Bertz CT molecular complexity index is 390. The lowest BCUT2D eigenvalue weighted by molar-refractivity contribution is -0.0462. The molecular weight excluding hydrogens is 347 g/mol. The van der Waals surface area contributed by atoms with Crippen LogP contribution in [0.25, 0.3) is 0 Å². The molecule has 1 aromatic carbocycles. The topological polar surface area (TPSA) is 9.23 Å². The van der Waals surface area contributed by atoms with Crippen LogP contribution in [-0.4, -0.2) is 11.5 Å². The lowest BCUT2D eigenvalue weighted by atomic mass is 9.62. The minimum atomic E-state index is 0.169. The van der Waals surface area contributed by atoms with Crippen LogP contribution >= 0.6 is 34.2 Å². The van der Waals surface area contributed by atoms with Crippen LogP contribution in [0.4, 0.5) is 0 Å². The lowest BCUT2D eigenvalue weighted by Gasteiger charge is -2.52. The summed E-state index contributed by atoms with van der Waals surface area (Å²) in [4.78, 5) is 0. The van der Waals surface area contributed by atoms with Crippen molar-refractivity contribution in [1.82, 2.24) is 0 Å². The summed E-state index contributed by atoms with van der Waals surface area (Å²) in [5.41, 5.74) is 0.169. The van der Waals surface area contributed by atoms with Gasteiger partial charge in [0, 0.05) is 20.8 Å². The molecule has 0 aliphatic heterocycles.